The van der Waals surface area contributed by atoms with E-state index in [1.54, 1.807) is 10.9 Å². The highest BCUT2D eigenvalue weighted by Gasteiger charge is 2.13. The van der Waals surface area contributed by atoms with E-state index < -0.39 is 0 Å². The minimum Gasteiger partial charge on any atom is -0.349 e. The Hall–Kier alpha value is -1.85. The number of aryl methyl sites for hydroxylation is 1. The molecule has 0 radical (unpaired) electrons. The SMILES string of the molecule is O=c1c2[nH]c3ccc(Cl)cc3c2ncn1CCCN1CCCC1. The van der Waals surface area contributed by atoms with Crippen LogP contribution in [0.15, 0.2) is 29.3 Å². The van der Waals surface area contributed by atoms with E-state index in [2.05, 4.69) is 14.9 Å². The van der Waals surface area contributed by atoms with Gasteiger partial charge in [-0.2, -0.15) is 0 Å². The minimum atomic E-state index is -0.0104. The number of hydrogen-bond donors (Lipinski definition) is 1. The third-order valence-corrected chi connectivity index (χ3v) is 4.84. The number of likely N-dealkylation sites (tertiary alicyclic amines) is 1. The molecular formula is C17H19ClN4O. The fraction of sp³-hybridized carbons (Fsp3) is 0.412. The van der Waals surface area contributed by atoms with Crippen molar-refractivity contribution in [2.45, 2.75) is 25.8 Å². The van der Waals surface area contributed by atoms with Gasteiger partial charge in [0.1, 0.15) is 11.0 Å². The Morgan fingerprint density at radius 2 is 2.04 bits per heavy atom. The third kappa shape index (κ3) is 2.75. The Labute approximate surface area is 138 Å². The first kappa shape index (κ1) is 14.7. The minimum absolute atomic E-state index is 0.0104. The van der Waals surface area contributed by atoms with Crippen molar-refractivity contribution in [3.63, 3.8) is 0 Å². The second-order valence-corrected chi connectivity index (χ2v) is 6.62. The molecule has 0 aliphatic carbocycles. The lowest BCUT2D eigenvalue weighted by Gasteiger charge is -2.14. The number of halogens is 1. The predicted octanol–water partition coefficient (Wildman–Crippen LogP) is 3.02. The highest BCUT2D eigenvalue weighted by Crippen LogP contribution is 2.24. The number of aromatic amines is 1. The van der Waals surface area contributed by atoms with Crippen molar-refractivity contribution < 1.29 is 0 Å². The quantitative estimate of drug-likeness (QED) is 0.800. The van der Waals surface area contributed by atoms with Gasteiger partial charge in [-0.15, -0.1) is 0 Å². The molecule has 6 heteroatoms. The first-order valence-corrected chi connectivity index (χ1v) is 8.49. The second kappa shape index (κ2) is 5.98. The van der Waals surface area contributed by atoms with E-state index in [1.165, 1.54) is 25.9 Å². The average Bonchev–Trinajstić information content (AvgIpc) is 3.17. The van der Waals surface area contributed by atoms with E-state index in [-0.39, 0.29) is 5.56 Å². The molecule has 1 aliphatic rings. The molecular weight excluding hydrogens is 312 g/mol. The van der Waals surface area contributed by atoms with Crippen molar-refractivity contribution in [3.05, 3.63) is 39.9 Å². The lowest BCUT2D eigenvalue weighted by atomic mass is 10.2. The summed E-state index contributed by atoms with van der Waals surface area (Å²) in [5.74, 6) is 0. The molecule has 0 bridgehead atoms. The molecule has 1 N–H and O–H groups in total. The first-order valence-electron chi connectivity index (χ1n) is 8.11. The largest absolute Gasteiger partial charge is 0.349 e. The van der Waals surface area contributed by atoms with E-state index in [4.69, 9.17) is 11.6 Å². The summed E-state index contributed by atoms with van der Waals surface area (Å²) in [5, 5.41) is 1.55. The monoisotopic (exact) mass is 330 g/mol. The standard InChI is InChI=1S/C17H19ClN4O/c18-12-4-5-14-13(10-12)15-16(20-14)17(23)22(11-19-15)9-3-8-21-6-1-2-7-21/h4-5,10-11,20H,1-3,6-9H2. The van der Waals surface area contributed by atoms with Gasteiger partial charge < -0.3 is 9.88 Å². The zero-order valence-corrected chi connectivity index (χ0v) is 13.6. The van der Waals surface area contributed by atoms with Crippen molar-refractivity contribution in [2.24, 2.45) is 0 Å². The average molecular weight is 331 g/mol. The van der Waals surface area contributed by atoms with Gasteiger partial charge in [-0.25, -0.2) is 4.98 Å². The van der Waals surface area contributed by atoms with E-state index in [0.717, 1.165) is 23.9 Å². The number of fused-ring (bicyclic) bond motifs is 3. The van der Waals surface area contributed by atoms with Crippen LogP contribution in [0, 0.1) is 0 Å². The molecule has 4 rings (SSSR count). The van der Waals surface area contributed by atoms with Crippen LogP contribution in [0.2, 0.25) is 5.02 Å². The first-order chi connectivity index (χ1) is 11.2. The smallest absolute Gasteiger partial charge is 0.277 e. The molecule has 0 atom stereocenters. The van der Waals surface area contributed by atoms with Gasteiger partial charge in [0.05, 0.1) is 6.33 Å². The third-order valence-electron chi connectivity index (χ3n) is 4.61. The van der Waals surface area contributed by atoms with Crippen LogP contribution in [0.5, 0.6) is 0 Å². The Balaban J connectivity index is 1.62. The summed E-state index contributed by atoms with van der Waals surface area (Å²) in [5.41, 5.74) is 2.14. The summed E-state index contributed by atoms with van der Waals surface area (Å²) in [4.78, 5) is 22.8. The van der Waals surface area contributed by atoms with Crippen LogP contribution < -0.4 is 5.56 Å². The molecule has 0 spiro atoms. The van der Waals surface area contributed by atoms with Gasteiger partial charge in [-0.05, 0) is 57.1 Å². The molecule has 0 saturated carbocycles. The maximum absolute atomic E-state index is 12.7. The van der Waals surface area contributed by atoms with Crippen LogP contribution >= 0.6 is 11.6 Å². The predicted molar refractivity (Wildman–Crippen MR) is 93.2 cm³/mol. The van der Waals surface area contributed by atoms with E-state index in [0.29, 0.717) is 22.6 Å². The molecule has 1 saturated heterocycles. The highest BCUT2D eigenvalue weighted by atomic mass is 35.5. The van der Waals surface area contributed by atoms with Gasteiger partial charge in [0.2, 0.25) is 0 Å². The van der Waals surface area contributed by atoms with Gasteiger partial charge >= 0.3 is 0 Å². The number of aromatic nitrogens is 3. The second-order valence-electron chi connectivity index (χ2n) is 6.18. The Bertz CT molecular complexity index is 908. The molecule has 3 heterocycles. The maximum Gasteiger partial charge on any atom is 0.277 e. The van der Waals surface area contributed by atoms with Gasteiger partial charge in [-0.3, -0.25) is 9.36 Å². The van der Waals surface area contributed by atoms with E-state index in [1.807, 2.05) is 18.2 Å². The van der Waals surface area contributed by atoms with Crippen LogP contribution in [0.4, 0.5) is 0 Å². The highest BCUT2D eigenvalue weighted by molar-refractivity contribution is 6.31. The number of hydrogen-bond acceptors (Lipinski definition) is 3. The van der Waals surface area contributed by atoms with Crippen LogP contribution in [0.25, 0.3) is 21.9 Å². The lowest BCUT2D eigenvalue weighted by molar-refractivity contribution is 0.324. The molecule has 1 aromatic carbocycles. The Kier molecular flexibility index (Phi) is 3.83. The fourth-order valence-corrected chi connectivity index (χ4v) is 3.56. The van der Waals surface area contributed by atoms with Gasteiger partial charge in [0.25, 0.3) is 5.56 Å². The fourth-order valence-electron chi connectivity index (χ4n) is 3.39. The zero-order valence-electron chi connectivity index (χ0n) is 12.9. The number of benzene rings is 1. The number of H-pyrrole nitrogens is 1. The number of nitrogens with zero attached hydrogens (tertiary/aromatic N) is 3. The topological polar surface area (TPSA) is 53.9 Å². The van der Waals surface area contributed by atoms with Crippen molar-refractivity contribution in [1.29, 1.82) is 0 Å². The Morgan fingerprint density at radius 3 is 2.87 bits per heavy atom. The van der Waals surface area contributed by atoms with Crippen LogP contribution in [-0.2, 0) is 6.54 Å². The maximum atomic E-state index is 12.7. The molecule has 1 aliphatic heterocycles. The molecule has 5 nitrogen and oxygen atoms in total. The summed E-state index contributed by atoms with van der Waals surface area (Å²) in [7, 11) is 0. The van der Waals surface area contributed by atoms with Crippen molar-refractivity contribution in [1.82, 2.24) is 19.4 Å². The summed E-state index contributed by atoms with van der Waals surface area (Å²) in [6.45, 7) is 4.13. The Morgan fingerprint density at radius 1 is 1.22 bits per heavy atom. The molecule has 23 heavy (non-hydrogen) atoms. The van der Waals surface area contributed by atoms with Gasteiger partial charge in [0, 0.05) is 22.5 Å². The molecule has 0 unspecified atom stereocenters. The van der Waals surface area contributed by atoms with Gasteiger partial charge in [-0.1, -0.05) is 11.6 Å². The van der Waals surface area contributed by atoms with Crippen LogP contribution in [0.1, 0.15) is 19.3 Å². The molecule has 1 fully saturated rings. The van der Waals surface area contributed by atoms with Crippen molar-refractivity contribution in [2.75, 3.05) is 19.6 Å². The molecule has 120 valence electrons. The van der Waals surface area contributed by atoms with E-state index >= 15 is 0 Å². The van der Waals surface area contributed by atoms with Crippen LogP contribution in [0.3, 0.4) is 0 Å². The normalized spacial score (nSPS) is 15.9. The number of nitrogens with one attached hydrogen (secondary N) is 1. The van der Waals surface area contributed by atoms with Crippen LogP contribution in [-0.4, -0.2) is 39.1 Å². The lowest BCUT2D eigenvalue weighted by Crippen LogP contribution is -2.25. The summed E-state index contributed by atoms with van der Waals surface area (Å²) in [6.07, 6.45) is 5.22. The van der Waals surface area contributed by atoms with Gasteiger partial charge in [0.15, 0.2) is 0 Å². The summed E-state index contributed by atoms with van der Waals surface area (Å²) in [6, 6.07) is 5.55. The van der Waals surface area contributed by atoms with Crippen molar-refractivity contribution >= 4 is 33.5 Å². The van der Waals surface area contributed by atoms with E-state index in [9.17, 15) is 4.79 Å². The summed E-state index contributed by atoms with van der Waals surface area (Å²) >= 11 is 6.05. The summed E-state index contributed by atoms with van der Waals surface area (Å²) < 4.78 is 1.70. The van der Waals surface area contributed by atoms with Crippen molar-refractivity contribution in [3.8, 4) is 0 Å². The molecule has 3 aromatic rings. The molecule has 0 amide bonds. The molecule has 2 aromatic heterocycles. The zero-order chi connectivity index (χ0) is 15.8. The number of rotatable bonds is 4.